The summed E-state index contributed by atoms with van der Waals surface area (Å²) in [6.07, 6.45) is 34.5. The van der Waals surface area contributed by atoms with Crippen LogP contribution in [0.3, 0.4) is 0 Å². The summed E-state index contributed by atoms with van der Waals surface area (Å²) in [4.78, 5) is 0. The average molecular weight is 519 g/mol. The molecule has 0 fully saturated rings. The molecule has 1 unspecified atom stereocenters. The zero-order chi connectivity index (χ0) is 25.9. The second kappa shape index (κ2) is 26.9. The minimum atomic E-state index is -3.95. The lowest BCUT2D eigenvalue weighted by molar-refractivity contribution is 0.156. The standard InChI is InChI=1S/C30H62O4S/c1-2-3-4-5-6-7-8-9-10-11-12-13-14-15-16-17-18-19-20-21-22-23-24-25-26-27-30(31)28-29-35(32,33)34/h30-31H,2-29H2,1H3,(H,32,33,34). The van der Waals surface area contributed by atoms with Crippen molar-refractivity contribution in [2.45, 2.75) is 186 Å². The van der Waals surface area contributed by atoms with Gasteiger partial charge >= 0.3 is 0 Å². The average Bonchev–Trinajstić information content (AvgIpc) is 2.82. The van der Waals surface area contributed by atoms with Crippen LogP contribution in [0.15, 0.2) is 0 Å². The topological polar surface area (TPSA) is 74.6 Å². The molecule has 5 heteroatoms. The maximum absolute atomic E-state index is 10.7. The normalized spacial score (nSPS) is 12.9. The van der Waals surface area contributed by atoms with Crippen LogP contribution in [-0.4, -0.2) is 29.9 Å². The largest absolute Gasteiger partial charge is 0.393 e. The van der Waals surface area contributed by atoms with Crippen molar-refractivity contribution in [1.29, 1.82) is 0 Å². The third kappa shape index (κ3) is 31.8. The summed E-state index contributed by atoms with van der Waals surface area (Å²) in [5, 5.41) is 9.72. The highest BCUT2D eigenvalue weighted by Gasteiger charge is 2.10. The third-order valence-corrected chi connectivity index (χ3v) is 8.10. The highest BCUT2D eigenvalue weighted by molar-refractivity contribution is 7.85. The number of rotatable bonds is 29. The van der Waals surface area contributed by atoms with Gasteiger partial charge in [-0.25, -0.2) is 0 Å². The van der Waals surface area contributed by atoms with Crippen molar-refractivity contribution < 1.29 is 18.1 Å². The Bertz CT molecular complexity index is 506. The van der Waals surface area contributed by atoms with Crippen LogP contribution in [0, 0.1) is 0 Å². The molecule has 0 bridgehead atoms. The van der Waals surface area contributed by atoms with Crippen molar-refractivity contribution in [3.8, 4) is 0 Å². The van der Waals surface area contributed by atoms with Gasteiger partial charge < -0.3 is 5.11 Å². The van der Waals surface area contributed by atoms with E-state index in [1.165, 1.54) is 148 Å². The fraction of sp³-hybridized carbons (Fsp3) is 1.00. The lowest BCUT2D eigenvalue weighted by atomic mass is 10.0. The first-order valence-corrected chi connectivity index (χ1v) is 17.2. The Labute approximate surface area is 220 Å². The van der Waals surface area contributed by atoms with E-state index in [1.807, 2.05) is 0 Å². The molecule has 0 spiro atoms. The molecule has 0 saturated heterocycles. The van der Waals surface area contributed by atoms with Gasteiger partial charge in [0.25, 0.3) is 10.1 Å². The molecule has 4 nitrogen and oxygen atoms in total. The molecule has 212 valence electrons. The molecule has 0 aromatic heterocycles. The summed E-state index contributed by atoms with van der Waals surface area (Å²) >= 11 is 0. The molecular weight excluding hydrogens is 456 g/mol. The van der Waals surface area contributed by atoms with Crippen molar-refractivity contribution in [3.63, 3.8) is 0 Å². The van der Waals surface area contributed by atoms with Crippen LogP contribution in [0.1, 0.15) is 180 Å². The van der Waals surface area contributed by atoms with Crippen LogP contribution in [0.25, 0.3) is 0 Å². The van der Waals surface area contributed by atoms with E-state index in [9.17, 15) is 13.5 Å². The first-order valence-electron chi connectivity index (χ1n) is 15.6. The van der Waals surface area contributed by atoms with E-state index in [-0.39, 0.29) is 12.2 Å². The fourth-order valence-electron chi connectivity index (χ4n) is 4.95. The molecule has 35 heavy (non-hydrogen) atoms. The van der Waals surface area contributed by atoms with Crippen LogP contribution < -0.4 is 0 Å². The van der Waals surface area contributed by atoms with Gasteiger partial charge in [-0.05, 0) is 12.8 Å². The molecule has 1 atom stereocenters. The van der Waals surface area contributed by atoms with E-state index in [1.54, 1.807) is 0 Å². The predicted molar refractivity (Wildman–Crippen MR) is 153 cm³/mol. The molecule has 0 rings (SSSR count). The summed E-state index contributed by atoms with van der Waals surface area (Å²) in [6.45, 7) is 2.29. The second-order valence-electron chi connectivity index (χ2n) is 11.0. The first-order chi connectivity index (χ1) is 17.0. The second-order valence-corrected chi connectivity index (χ2v) is 12.6. The molecule has 0 aliphatic carbocycles. The molecule has 0 aromatic rings. The molecule has 0 aliphatic rings. The van der Waals surface area contributed by atoms with E-state index in [4.69, 9.17) is 4.55 Å². The molecule has 0 radical (unpaired) electrons. The van der Waals surface area contributed by atoms with E-state index in [0.29, 0.717) is 6.42 Å². The van der Waals surface area contributed by atoms with E-state index in [0.717, 1.165) is 12.8 Å². The molecule has 0 amide bonds. The van der Waals surface area contributed by atoms with Crippen LogP contribution in [0.4, 0.5) is 0 Å². The van der Waals surface area contributed by atoms with E-state index < -0.39 is 16.2 Å². The van der Waals surface area contributed by atoms with Gasteiger partial charge in [-0.1, -0.05) is 167 Å². The van der Waals surface area contributed by atoms with Gasteiger partial charge in [0.15, 0.2) is 0 Å². The maximum Gasteiger partial charge on any atom is 0.264 e. The smallest absolute Gasteiger partial charge is 0.264 e. The van der Waals surface area contributed by atoms with Gasteiger partial charge in [-0.3, -0.25) is 4.55 Å². The van der Waals surface area contributed by atoms with Gasteiger partial charge in [-0.2, -0.15) is 8.42 Å². The lowest BCUT2D eigenvalue weighted by Crippen LogP contribution is -2.14. The van der Waals surface area contributed by atoms with Crippen LogP contribution >= 0.6 is 0 Å². The van der Waals surface area contributed by atoms with Gasteiger partial charge in [-0.15, -0.1) is 0 Å². The Hall–Kier alpha value is -0.130. The fourth-order valence-corrected chi connectivity index (χ4v) is 5.52. The minimum Gasteiger partial charge on any atom is -0.393 e. The van der Waals surface area contributed by atoms with Gasteiger partial charge in [0, 0.05) is 0 Å². The maximum atomic E-state index is 10.7. The zero-order valence-electron chi connectivity index (χ0n) is 23.5. The molecule has 0 aromatic carbocycles. The number of aliphatic hydroxyl groups excluding tert-OH is 1. The molecule has 0 heterocycles. The van der Waals surface area contributed by atoms with Crippen LogP contribution in [0.2, 0.25) is 0 Å². The SMILES string of the molecule is CCCCCCCCCCCCCCCCCCCCCCCCCCCC(O)CCS(=O)(=O)O. The summed E-state index contributed by atoms with van der Waals surface area (Å²) < 4.78 is 30.0. The van der Waals surface area contributed by atoms with Crippen molar-refractivity contribution in [1.82, 2.24) is 0 Å². The van der Waals surface area contributed by atoms with Crippen molar-refractivity contribution in [3.05, 3.63) is 0 Å². The predicted octanol–water partition coefficient (Wildman–Crippen LogP) is 9.79. The summed E-state index contributed by atoms with van der Waals surface area (Å²) in [7, 11) is -3.95. The highest BCUT2D eigenvalue weighted by atomic mass is 32.2. The quantitative estimate of drug-likeness (QED) is 0.0763. The number of unbranched alkanes of at least 4 members (excludes halogenated alkanes) is 24. The van der Waals surface area contributed by atoms with E-state index >= 15 is 0 Å². The summed E-state index contributed by atoms with van der Waals surface area (Å²) in [5.74, 6) is -0.340. The Balaban J connectivity index is 3.11. The molecule has 0 saturated carbocycles. The highest BCUT2D eigenvalue weighted by Crippen LogP contribution is 2.16. The Morgan fingerprint density at radius 3 is 0.971 bits per heavy atom. The Morgan fingerprint density at radius 1 is 0.457 bits per heavy atom. The van der Waals surface area contributed by atoms with Gasteiger partial charge in [0.1, 0.15) is 0 Å². The first kappa shape index (κ1) is 34.9. The third-order valence-electron chi connectivity index (χ3n) is 7.35. The van der Waals surface area contributed by atoms with Gasteiger partial charge in [0.2, 0.25) is 0 Å². The molecular formula is C30H62O4S. The Kier molecular flexibility index (Phi) is 26.8. The monoisotopic (exact) mass is 518 g/mol. The summed E-state index contributed by atoms with van der Waals surface area (Å²) in [5.41, 5.74) is 0. The van der Waals surface area contributed by atoms with Crippen molar-refractivity contribution in [2.75, 3.05) is 5.75 Å². The lowest BCUT2D eigenvalue weighted by Gasteiger charge is -2.09. The molecule has 0 aliphatic heterocycles. The van der Waals surface area contributed by atoms with Gasteiger partial charge in [0.05, 0.1) is 11.9 Å². The zero-order valence-corrected chi connectivity index (χ0v) is 24.3. The van der Waals surface area contributed by atoms with E-state index in [2.05, 4.69) is 6.92 Å². The van der Waals surface area contributed by atoms with Crippen LogP contribution in [0.5, 0.6) is 0 Å². The van der Waals surface area contributed by atoms with Crippen molar-refractivity contribution >= 4 is 10.1 Å². The van der Waals surface area contributed by atoms with Crippen LogP contribution in [-0.2, 0) is 10.1 Å². The Morgan fingerprint density at radius 2 is 0.714 bits per heavy atom. The summed E-state index contributed by atoms with van der Waals surface area (Å²) in [6, 6.07) is 0. The number of hydrogen-bond donors (Lipinski definition) is 2. The molecule has 2 N–H and O–H groups in total. The number of aliphatic hydroxyl groups is 1. The van der Waals surface area contributed by atoms with Crippen molar-refractivity contribution in [2.24, 2.45) is 0 Å². The minimum absolute atomic E-state index is 0.137. The number of hydrogen-bond acceptors (Lipinski definition) is 3.